The van der Waals surface area contributed by atoms with Crippen molar-refractivity contribution < 1.29 is 19.5 Å². The molecule has 0 saturated heterocycles. The summed E-state index contributed by atoms with van der Waals surface area (Å²) in [5.74, 6) is -1.29. The third-order valence-corrected chi connectivity index (χ3v) is 3.45. The molecule has 1 aromatic carbocycles. The van der Waals surface area contributed by atoms with E-state index < -0.39 is 12.0 Å². The van der Waals surface area contributed by atoms with Gasteiger partial charge >= 0.3 is 5.97 Å². The highest BCUT2D eigenvalue weighted by Gasteiger charge is 2.25. The quantitative estimate of drug-likeness (QED) is 0.766. The number of benzene rings is 1. The van der Waals surface area contributed by atoms with Crippen molar-refractivity contribution in [3.8, 4) is 0 Å². The van der Waals surface area contributed by atoms with Crippen LogP contribution in [0.15, 0.2) is 18.2 Å². The molecule has 20 heavy (non-hydrogen) atoms. The largest absolute Gasteiger partial charge is 0.481 e. The lowest BCUT2D eigenvalue weighted by atomic mass is 9.98. The highest BCUT2D eigenvalue weighted by molar-refractivity contribution is 6.04. The van der Waals surface area contributed by atoms with Gasteiger partial charge in [-0.2, -0.15) is 0 Å². The van der Waals surface area contributed by atoms with Crippen LogP contribution in [0.4, 0.5) is 5.69 Å². The number of amides is 1. The van der Waals surface area contributed by atoms with Gasteiger partial charge in [-0.1, -0.05) is 0 Å². The predicted molar refractivity (Wildman–Crippen MR) is 72.7 cm³/mol. The first-order valence-corrected chi connectivity index (χ1v) is 6.31. The normalized spacial score (nSPS) is 15.1. The van der Waals surface area contributed by atoms with Crippen LogP contribution in [0.3, 0.4) is 0 Å². The second kappa shape index (κ2) is 5.42. The Balaban J connectivity index is 2.14. The zero-order valence-electron chi connectivity index (χ0n) is 11.1. The molecule has 1 atom stereocenters. The Hall–Kier alpha value is -2.21. The second-order valence-electron chi connectivity index (χ2n) is 4.88. The molecule has 0 bridgehead atoms. The van der Waals surface area contributed by atoms with Gasteiger partial charge in [0.25, 0.3) is 0 Å². The van der Waals surface area contributed by atoms with Crippen LogP contribution in [0, 0.1) is 0 Å². The van der Waals surface area contributed by atoms with Gasteiger partial charge in [-0.15, -0.1) is 0 Å². The first-order valence-electron chi connectivity index (χ1n) is 6.31. The van der Waals surface area contributed by atoms with Crippen molar-refractivity contribution in [1.82, 2.24) is 0 Å². The summed E-state index contributed by atoms with van der Waals surface area (Å²) in [7, 11) is 1.69. The number of nitrogens with zero attached hydrogens (tertiary/aromatic N) is 1. The number of ketones is 1. The Kier molecular flexibility index (Phi) is 3.85. The molecule has 6 nitrogen and oxygen atoms in total. The third-order valence-electron chi connectivity index (χ3n) is 3.45. The monoisotopic (exact) mass is 276 g/mol. The molecule has 0 saturated carbocycles. The molecule has 6 heteroatoms. The summed E-state index contributed by atoms with van der Waals surface area (Å²) >= 11 is 0. The summed E-state index contributed by atoms with van der Waals surface area (Å²) < 4.78 is 0. The SMILES string of the molecule is CN1C(=O)Cc2cc(C(=O)C(N)CCC(=O)O)ccc21. The van der Waals surface area contributed by atoms with Crippen molar-refractivity contribution in [2.24, 2.45) is 5.73 Å². The van der Waals surface area contributed by atoms with Crippen molar-refractivity contribution >= 4 is 23.3 Å². The van der Waals surface area contributed by atoms with E-state index in [0.717, 1.165) is 11.3 Å². The Morgan fingerprint density at radius 3 is 2.80 bits per heavy atom. The molecular weight excluding hydrogens is 260 g/mol. The molecule has 1 heterocycles. The summed E-state index contributed by atoms with van der Waals surface area (Å²) in [6, 6.07) is 4.17. The predicted octanol–water partition coefficient (Wildman–Crippen LogP) is 0.580. The zero-order chi connectivity index (χ0) is 14.9. The number of fused-ring (bicyclic) bond motifs is 1. The molecule has 0 aliphatic carbocycles. The number of hydrogen-bond acceptors (Lipinski definition) is 4. The van der Waals surface area contributed by atoms with Gasteiger partial charge < -0.3 is 15.7 Å². The smallest absolute Gasteiger partial charge is 0.303 e. The summed E-state index contributed by atoms with van der Waals surface area (Å²) in [4.78, 5) is 35.7. The number of aliphatic carboxylic acids is 1. The topological polar surface area (TPSA) is 101 Å². The molecule has 1 aliphatic heterocycles. The fourth-order valence-electron chi connectivity index (χ4n) is 2.25. The van der Waals surface area contributed by atoms with Gasteiger partial charge in [0.15, 0.2) is 5.78 Å². The molecule has 3 N–H and O–H groups in total. The van der Waals surface area contributed by atoms with Crippen LogP contribution in [0.2, 0.25) is 0 Å². The number of hydrogen-bond donors (Lipinski definition) is 2. The van der Waals surface area contributed by atoms with Crippen LogP contribution in [0.1, 0.15) is 28.8 Å². The number of rotatable bonds is 5. The van der Waals surface area contributed by atoms with Crippen molar-refractivity contribution in [1.29, 1.82) is 0 Å². The third kappa shape index (κ3) is 2.70. The Labute approximate surface area is 116 Å². The maximum Gasteiger partial charge on any atom is 0.303 e. The maximum absolute atomic E-state index is 12.1. The Morgan fingerprint density at radius 2 is 2.15 bits per heavy atom. The van der Waals surface area contributed by atoms with E-state index in [0.29, 0.717) is 5.56 Å². The van der Waals surface area contributed by atoms with E-state index >= 15 is 0 Å². The van der Waals surface area contributed by atoms with Crippen molar-refractivity contribution in [2.75, 3.05) is 11.9 Å². The number of nitrogens with two attached hydrogens (primary N) is 1. The van der Waals surface area contributed by atoms with E-state index in [-0.39, 0.29) is 31.0 Å². The number of Topliss-reactive ketones (excluding diaryl/α,β-unsaturated/α-hetero) is 1. The van der Waals surface area contributed by atoms with Crippen LogP contribution in [0.5, 0.6) is 0 Å². The number of carbonyl (C=O) groups excluding carboxylic acids is 2. The molecule has 2 rings (SSSR count). The Bertz CT molecular complexity index is 583. The minimum absolute atomic E-state index is 0.0141. The van der Waals surface area contributed by atoms with Crippen LogP contribution < -0.4 is 10.6 Å². The number of anilines is 1. The van der Waals surface area contributed by atoms with Crippen molar-refractivity contribution in [3.63, 3.8) is 0 Å². The van der Waals surface area contributed by atoms with E-state index in [2.05, 4.69) is 0 Å². The molecule has 1 unspecified atom stereocenters. The number of carboxylic acids is 1. The van der Waals surface area contributed by atoms with Gasteiger partial charge in [0.2, 0.25) is 5.91 Å². The molecule has 1 aliphatic rings. The number of carbonyl (C=O) groups is 3. The van der Waals surface area contributed by atoms with Crippen LogP contribution >= 0.6 is 0 Å². The van der Waals surface area contributed by atoms with Gasteiger partial charge in [0, 0.05) is 24.7 Å². The minimum atomic E-state index is -0.977. The number of likely N-dealkylation sites (N-methyl/N-ethyl adjacent to an activating group) is 1. The first-order chi connectivity index (χ1) is 9.40. The number of carboxylic acid groups (broad SMARTS) is 1. The van der Waals surface area contributed by atoms with Crippen LogP contribution in [-0.2, 0) is 16.0 Å². The maximum atomic E-state index is 12.1. The average Bonchev–Trinajstić information content (AvgIpc) is 2.70. The van der Waals surface area contributed by atoms with Crippen LogP contribution in [0.25, 0.3) is 0 Å². The van der Waals surface area contributed by atoms with Gasteiger partial charge in [0.1, 0.15) is 0 Å². The summed E-state index contributed by atoms with van der Waals surface area (Å²) in [5.41, 5.74) is 7.72. The van der Waals surface area contributed by atoms with Crippen molar-refractivity contribution in [2.45, 2.75) is 25.3 Å². The lowest BCUT2D eigenvalue weighted by Crippen LogP contribution is -2.31. The average molecular weight is 276 g/mol. The van der Waals surface area contributed by atoms with Gasteiger partial charge in [-0.3, -0.25) is 14.4 Å². The molecule has 0 spiro atoms. The highest BCUT2D eigenvalue weighted by atomic mass is 16.4. The van der Waals surface area contributed by atoms with Gasteiger partial charge in [0.05, 0.1) is 12.5 Å². The molecule has 0 radical (unpaired) electrons. The summed E-state index contributed by atoms with van der Waals surface area (Å²) in [5, 5.41) is 8.59. The molecule has 0 fully saturated rings. The van der Waals surface area contributed by atoms with Gasteiger partial charge in [-0.05, 0) is 30.2 Å². The molecule has 1 amide bonds. The van der Waals surface area contributed by atoms with E-state index in [1.54, 1.807) is 30.1 Å². The first kappa shape index (κ1) is 14.2. The lowest BCUT2D eigenvalue weighted by molar-refractivity contribution is -0.137. The van der Waals surface area contributed by atoms with E-state index in [1.165, 1.54) is 0 Å². The summed E-state index contributed by atoms with van der Waals surface area (Å²) in [6.45, 7) is 0. The molecule has 0 aromatic heterocycles. The second-order valence-corrected chi connectivity index (χ2v) is 4.88. The van der Waals surface area contributed by atoms with Gasteiger partial charge in [-0.25, -0.2) is 0 Å². The van der Waals surface area contributed by atoms with E-state index in [4.69, 9.17) is 10.8 Å². The molecular formula is C14H16N2O4. The van der Waals surface area contributed by atoms with E-state index in [9.17, 15) is 14.4 Å². The summed E-state index contributed by atoms with van der Waals surface area (Å²) in [6.07, 6.45) is 0.237. The molecule has 1 aromatic rings. The Morgan fingerprint density at radius 1 is 1.45 bits per heavy atom. The van der Waals surface area contributed by atoms with Crippen LogP contribution in [-0.4, -0.2) is 35.9 Å². The fourth-order valence-corrected chi connectivity index (χ4v) is 2.25. The highest BCUT2D eigenvalue weighted by Crippen LogP contribution is 2.28. The standard InChI is InChI=1S/C14H16N2O4/c1-16-11-4-2-8(6-9(11)7-12(16)17)14(20)10(15)3-5-13(18)19/h2,4,6,10H,3,5,7,15H2,1H3,(H,18,19). The fraction of sp³-hybridized carbons (Fsp3) is 0.357. The van der Waals surface area contributed by atoms with Crippen molar-refractivity contribution in [3.05, 3.63) is 29.3 Å². The molecule has 106 valence electrons. The minimum Gasteiger partial charge on any atom is -0.481 e. The lowest BCUT2D eigenvalue weighted by Gasteiger charge is -2.12. The van der Waals surface area contributed by atoms with E-state index in [1.807, 2.05) is 0 Å². The zero-order valence-corrected chi connectivity index (χ0v) is 11.1.